The van der Waals surface area contributed by atoms with Gasteiger partial charge in [-0.25, -0.2) is 0 Å². The number of rotatable bonds is 5. The summed E-state index contributed by atoms with van der Waals surface area (Å²) in [5, 5.41) is 10.4. The van der Waals surface area contributed by atoms with E-state index >= 15 is 0 Å². The second kappa shape index (κ2) is 9.80. The number of hydrogen-bond acceptors (Lipinski definition) is 4. The highest BCUT2D eigenvalue weighted by Crippen LogP contribution is 2.34. The van der Waals surface area contributed by atoms with Gasteiger partial charge in [0, 0.05) is 29.8 Å². The third-order valence-corrected chi connectivity index (χ3v) is 6.34. The van der Waals surface area contributed by atoms with Crippen molar-refractivity contribution in [3.8, 4) is 28.5 Å². The van der Waals surface area contributed by atoms with Gasteiger partial charge in [0.1, 0.15) is 0 Å². The standard InChI is InChI=1S/C25H21Cl2N3O3/c1-33-14-18-8-4-10-30(18)25(32)20-12-19(15-5-2-7-17(26)11-15)24(31)29-23(20)22-16(13-28)6-3-9-21(22)27/h2-3,5-7,9,11-12,18H,4,8,10,14H2,1H3,(H,29,31). The van der Waals surface area contributed by atoms with Gasteiger partial charge in [-0.15, -0.1) is 0 Å². The lowest BCUT2D eigenvalue weighted by Gasteiger charge is -2.25. The smallest absolute Gasteiger partial charge is 0.256 e. The molecular formula is C25H21Cl2N3O3. The van der Waals surface area contributed by atoms with E-state index in [1.165, 1.54) is 0 Å². The monoisotopic (exact) mass is 481 g/mol. The summed E-state index contributed by atoms with van der Waals surface area (Å²) in [5.74, 6) is -0.257. The Balaban J connectivity index is 1.96. The van der Waals surface area contributed by atoms with Crippen LogP contribution in [0.3, 0.4) is 0 Å². The first-order valence-electron chi connectivity index (χ1n) is 10.5. The highest BCUT2D eigenvalue weighted by molar-refractivity contribution is 6.33. The van der Waals surface area contributed by atoms with Gasteiger partial charge in [0.25, 0.3) is 11.5 Å². The fourth-order valence-corrected chi connectivity index (χ4v) is 4.72. The molecule has 8 heteroatoms. The zero-order chi connectivity index (χ0) is 23.5. The summed E-state index contributed by atoms with van der Waals surface area (Å²) < 4.78 is 5.31. The molecule has 1 N–H and O–H groups in total. The zero-order valence-electron chi connectivity index (χ0n) is 17.9. The van der Waals surface area contributed by atoms with Crippen LogP contribution in [0.25, 0.3) is 22.4 Å². The van der Waals surface area contributed by atoms with E-state index in [1.807, 2.05) is 0 Å². The molecule has 3 aromatic rings. The Morgan fingerprint density at radius 2 is 2.03 bits per heavy atom. The zero-order valence-corrected chi connectivity index (χ0v) is 19.4. The molecule has 1 aromatic heterocycles. The molecule has 1 aliphatic heterocycles. The lowest BCUT2D eigenvalue weighted by atomic mass is 9.96. The molecule has 1 saturated heterocycles. The number of nitriles is 1. The molecule has 2 heterocycles. The molecule has 0 aliphatic carbocycles. The number of aromatic amines is 1. The molecular weight excluding hydrogens is 461 g/mol. The first-order chi connectivity index (χ1) is 15.9. The highest BCUT2D eigenvalue weighted by Gasteiger charge is 2.32. The van der Waals surface area contributed by atoms with Crippen molar-refractivity contribution >= 4 is 29.1 Å². The molecule has 0 bridgehead atoms. The number of nitrogens with one attached hydrogen (secondary N) is 1. The third kappa shape index (κ3) is 4.53. The number of halogens is 2. The third-order valence-electron chi connectivity index (χ3n) is 5.79. The molecule has 4 rings (SSSR count). The number of nitrogens with zero attached hydrogens (tertiary/aromatic N) is 2. The van der Waals surface area contributed by atoms with Gasteiger partial charge in [-0.2, -0.15) is 5.26 Å². The van der Waals surface area contributed by atoms with Crippen LogP contribution in [0.15, 0.2) is 53.3 Å². The van der Waals surface area contributed by atoms with Gasteiger partial charge in [-0.1, -0.05) is 41.4 Å². The van der Waals surface area contributed by atoms with E-state index in [4.69, 9.17) is 27.9 Å². The van der Waals surface area contributed by atoms with Crippen molar-refractivity contribution < 1.29 is 9.53 Å². The lowest BCUT2D eigenvalue weighted by molar-refractivity contribution is 0.0631. The molecule has 6 nitrogen and oxygen atoms in total. The number of hydrogen-bond donors (Lipinski definition) is 1. The van der Waals surface area contributed by atoms with Crippen molar-refractivity contribution in [2.45, 2.75) is 18.9 Å². The van der Waals surface area contributed by atoms with E-state index in [1.54, 1.807) is 60.5 Å². The van der Waals surface area contributed by atoms with Crippen molar-refractivity contribution in [1.29, 1.82) is 5.26 Å². The molecule has 0 spiro atoms. The minimum Gasteiger partial charge on any atom is -0.383 e. The fourth-order valence-electron chi connectivity index (χ4n) is 4.26. The minimum absolute atomic E-state index is 0.0708. The van der Waals surface area contributed by atoms with Crippen molar-refractivity contribution in [1.82, 2.24) is 9.88 Å². The van der Waals surface area contributed by atoms with Crippen LogP contribution in [0.4, 0.5) is 0 Å². The summed E-state index contributed by atoms with van der Waals surface area (Å²) in [5.41, 5.74) is 1.54. The van der Waals surface area contributed by atoms with Gasteiger partial charge in [-0.3, -0.25) is 9.59 Å². The van der Waals surface area contributed by atoms with E-state index in [0.717, 1.165) is 12.8 Å². The summed E-state index contributed by atoms with van der Waals surface area (Å²) >= 11 is 12.6. The van der Waals surface area contributed by atoms with Crippen molar-refractivity contribution in [2.75, 3.05) is 20.3 Å². The maximum Gasteiger partial charge on any atom is 0.256 e. The van der Waals surface area contributed by atoms with E-state index in [-0.39, 0.29) is 33.8 Å². The molecule has 1 amide bonds. The van der Waals surface area contributed by atoms with Crippen LogP contribution >= 0.6 is 23.2 Å². The van der Waals surface area contributed by atoms with Crippen molar-refractivity contribution in [2.24, 2.45) is 0 Å². The molecule has 0 saturated carbocycles. The topological polar surface area (TPSA) is 86.2 Å². The van der Waals surface area contributed by atoms with Gasteiger partial charge < -0.3 is 14.6 Å². The number of amides is 1. The van der Waals surface area contributed by atoms with Crippen molar-refractivity contribution in [3.63, 3.8) is 0 Å². The van der Waals surface area contributed by atoms with Crippen molar-refractivity contribution in [3.05, 3.63) is 80.1 Å². The number of carbonyl (C=O) groups is 1. The van der Waals surface area contributed by atoms with E-state index in [2.05, 4.69) is 11.1 Å². The second-order valence-electron chi connectivity index (χ2n) is 7.84. The number of pyridine rings is 1. The predicted molar refractivity (Wildman–Crippen MR) is 129 cm³/mol. The van der Waals surface area contributed by atoms with E-state index < -0.39 is 5.56 Å². The molecule has 1 atom stereocenters. The van der Waals surface area contributed by atoms with Gasteiger partial charge in [0.2, 0.25) is 0 Å². The molecule has 2 aromatic carbocycles. The average Bonchev–Trinajstić information content (AvgIpc) is 3.27. The van der Waals surface area contributed by atoms with Gasteiger partial charge in [0.15, 0.2) is 0 Å². The van der Waals surface area contributed by atoms with Gasteiger partial charge in [-0.05, 0) is 48.7 Å². The number of likely N-dealkylation sites (tertiary alicyclic amines) is 1. The normalized spacial score (nSPS) is 15.5. The average molecular weight is 482 g/mol. The summed E-state index contributed by atoms with van der Waals surface area (Å²) in [6.07, 6.45) is 1.68. The van der Waals surface area contributed by atoms with Gasteiger partial charge >= 0.3 is 0 Å². The van der Waals surface area contributed by atoms with Crippen LogP contribution in [-0.4, -0.2) is 42.1 Å². The molecule has 168 valence electrons. The fraction of sp³-hybridized carbons (Fsp3) is 0.240. The second-order valence-corrected chi connectivity index (χ2v) is 8.68. The summed E-state index contributed by atoms with van der Waals surface area (Å²) in [6.45, 7) is 0.993. The Morgan fingerprint density at radius 3 is 2.76 bits per heavy atom. The first kappa shape index (κ1) is 23.1. The lowest BCUT2D eigenvalue weighted by Crippen LogP contribution is -2.38. The molecule has 1 aliphatic rings. The predicted octanol–water partition coefficient (Wildman–Crippen LogP) is 5.14. The SMILES string of the molecule is COCC1CCCN1C(=O)c1cc(-c2cccc(Cl)c2)c(=O)[nH]c1-c1c(Cl)cccc1C#N. The van der Waals surface area contributed by atoms with Crippen LogP contribution in [-0.2, 0) is 4.74 Å². The molecule has 0 radical (unpaired) electrons. The largest absolute Gasteiger partial charge is 0.383 e. The number of H-pyrrole nitrogens is 1. The number of aromatic nitrogens is 1. The highest BCUT2D eigenvalue weighted by atomic mass is 35.5. The van der Waals surface area contributed by atoms with Crippen LogP contribution in [0.5, 0.6) is 0 Å². The number of ether oxygens (including phenoxy) is 1. The Hall–Kier alpha value is -3.11. The van der Waals surface area contributed by atoms with Crippen LogP contribution in [0.1, 0.15) is 28.8 Å². The van der Waals surface area contributed by atoms with Crippen LogP contribution < -0.4 is 5.56 Å². The van der Waals surface area contributed by atoms with Crippen LogP contribution in [0, 0.1) is 11.3 Å². The number of methoxy groups -OCH3 is 1. The quantitative estimate of drug-likeness (QED) is 0.546. The number of carbonyl (C=O) groups excluding carboxylic acids is 1. The molecule has 33 heavy (non-hydrogen) atoms. The Labute approximate surface area is 201 Å². The van der Waals surface area contributed by atoms with E-state index in [0.29, 0.717) is 34.9 Å². The summed E-state index contributed by atoms with van der Waals surface area (Å²) in [6, 6.07) is 15.3. The maximum absolute atomic E-state index is 13.8. The maximum atomic E-state index is 13.8. The minimum atomic E-state index is -0.414. The van der Waals surface area contributed by atoms with Gasteiger partial charge in [0.05, 0.1) is 40.6 Å². The Morgan fingerprint density at radius 1 is 1.24 bits per heavy atom. The summed E-state index contributed by atoms with van der Waals surface area (Å²) in [4.78, 5) is 31.5. The number of benzene rings is 2. The molecule has 1 fully saturated rings. The molecule has 1 unspecified atom stereocenters. The summed E-state index contributed by atoms with van der Waals surface area (Å²) in [7, 11) is 1.60. The first-order valence-corrected chi connectivity index (χ1v) is 11.2. The Kier molecular flexibility index (Phi) is 6.85. The Bertz CT molecular complexity index is 1310. The van der Waals surface area contributed by atoms with Crippen LogP contribution in [0.2, 0.25) is 10.0 Å². The van der Waals surface area contributed by atoms with E-state index in [9.17, 15) is 14.9 Å².